The summed E-state index contributed by atoms with van der Waals surface area (Å²) >= 11 is 6.10. The summed E-state index contributed by atoms with van der Waals surface area (Å²) in [6.07, 6.45) is 1.63. The van der Waals surface area contributed by atoms with E-state index < -0.39 is 0 Å². The summed E-state index contributed by atoms with van der Waals surface area (Å²) < 4.78 is 0. The van der Waals surface area contributed by atoms with Crippen molar-refractivity contribution in [3.8, 4) is 6.07 Å². The van der Waals surface area contributed by atoms with Gasteiger partial charge in [0.25, 0.3) is 0 Å². The molecule has 1 aliphatic rings. The molecular weight excluding hydrogens is 212 g/mol. The summed E-state index contributed by atoms with van der Waals surface area (Å²) in [5.41, 5.74) is 0.486. The predicted octanol–water partition coefficient (Wildman–Crippen LogP) is 1.02. The molecule has 1 saturated heterocycles. The highest BCUT2D eigenvalue weighted by Crippen LogP contribution is 2.26. The van der Waals surface area contributed by atoms with Crippen LogP contribution in [0.25, 0.3) is 0 Å². The molecule has 5 heteroatoms. The van der Waals surface area contributed by atoms with E-state index in [2.05, 4.69) is 21.3 Å². The van der Waals surface area contributed by atoms with Crippen molar-refractivity contribution in [3.05, 3.63) is 22.8 Å². The molecule has 0 spiro atoms. The number of rotatable bonds is 1. The molecule has 0 unspecified atom stereocenters. The molecule has 15 heavy (non-hydrogen) atoms. The first kappa shape index (κ1) is 10.2. The van der Waals surface area contributed by atoms with Gasteiger partial charge in [-0.2, -0.15) is 5.26 Å². The number of nitrogens with one attached hydrogen (secondary N) is 1. The van der Waals surface area contributed by atoms with Crippen LogP contribution in [-0.2, 0) is 0 Å². The molecule has 0 aromatic carbocycles. The molecule has 1 aromatic rings. The SMILES string of the molecule is N#Cc1ccnc(N2CCNCC2)c1Cl. The molecule has 1 N–H and O–H groups in total. The number of aromatic nitrogens is 1. The highest BCUT2D eigenvalue weighted by molar-refractivity contribution is 6.34. The third-order valence-corrected chi connectivity index (χ3v) is 2.78. The molecule has 2 heterocycles. The average molecular weight is 223 g/mol. The van der Waals surface area contributed by atoms with Crippen LogP contribution in [0.4, 0.5) is 5.82 Å². The minimum atomic E-state index is 0.460. The van der Waals surface area contributed by atoms with Gasteiger partial charge < -0.3 is 10.2 Å². The zero-order valence-electron chi connectivity index (χ0n) is 8.20. The Morgan fingerprint density at radius 1 is 1.47 bits per heavy atom. The Kier molecular flexibility index (Phi) is 3.05. The number of nitrogens with zero attached hydrogens (tertiary/aromatic N) is 3. The van der Waals surface area contributed by atoms with Crippen molar-refractivity contribution in [2.24, 2.45) is 0 Å². The van der Waals surface area contributed by atoms with Crippen LogP contribution >= 0.6 is 11.6 Å². The van der Waals surface area contributed by atoms with Gasteiger partial charge in [-0.25, -0.2) is 4.98 Å². The smallest absolute Gasteiger partial charge is 0.148 e. The lowest BCUT2D eigenvalue weighted by molar-refractivity contribution is 0.585. The van der Waals surface area contributed by atoms with Crippen molar-refractivity contribution in [2.45, 2.75) is 0 Å². The zero-order valence-corrected chi connectivity index (χ0v) is 8.96. The van der Waals surface area contributed by atoms with Gasteiger partial charge in [-0.05, 0) is 6.07 Å². The molecule has 1 aliphatic heterocycles. The van der Waals surface area contributed by atoms with E-state index in [-0.39, 0.29) is 0 Å². The maximum Gasteiger partial charge on any atom is 0.148 e. The maximum absolute atomic E-state index is 8.85. The number of anilines is 1. The first-order chi connectivity index (χ1) is 7.33. The Balaban J connectivity index is 2.31. The fourth-order valence-corrected chi connectivity index (χ4v) is 1.89. The van der Waals surface area contributed by atoms with Crippen LogP contribution in [0.3, 0.4) is 0 Å². The van der Waals surface area contributed by atoms with E-state index in [1.165, 1.54) is 0 Å². The number of halogens is 1. The Morgan fingerprint density at radius 2 is 2.20 bits per heavy atom. The van der Waals surface area contributed by atoms with Gasteiger partial charge in [-0.3, -0.25) is 0 Å². The minimum absolute atomic E-state index is 0.460. The van der Waals surface area contributed by atoms with Crippen LogP contribution in [0.1, 0.15) is 5.56 Å². The van der Waals surface area contributed by atoms with E-state index in [0.29, 0.717) is 10.6 Å². The average Bonchev–Trinajstić information content (AvgIpc) is 2.30. The van der Waals surface area contributed by atoms with Crippen LogP contribution in [-0.4, -0.2) is 31.2 Å². The van der Waals surface area contributed by atoms with Crippen molar-refractivity contribution >= 4 is 17.4 Å². The second-order valence-electron chi connectivity index (χ2n) is 3.34. The van der Waals surface area contributed by atoms with E-state index in [1.807, 2.05) is 0 Å². The molecule has 1 fully saturated rings. The Hall–Kier alpha value is -1.31. The topological polar surface area (TPSA) is 52.0 Å². The van der Waals surface area contributed by atoms with E-state index >= 15 is 0 Å². The second kappa shape index (κ2) is 4.47. The summed E-state index contributed by atoms with van der Waals surface area (Å²) in [6, 6.07) is 3.69. The minimum Gasteiger partial charge on any atom is -0.353 e. The van der Waals surface area contributed by atoms with Crippen LogP contribution in [0, 0.1) is 11.3 Å². The quantitative estimate of drug-likeness (QED) is 0.771. The number of hydrogen-bond donors (Lipinski definition) is 1. The molecular formula is C10H11ClN4. The molecule has 4 nitrogen and oxygen atoms in total. The van der Waals surface area contributed by atoms with Gasteiger partial charge in [-0.15, -0.1) is 0 Å². The van der Waals surface area contributed by atoms with E-state index in [0.717, 1.165) is 32.0 Å². The van der Waals surface area contributed by atoms with Crippen molar-refractivity contribution in [1.29, 1.82) is 5.26 Å². The van der Waals surface area contributed by atoms with Crippen molar-refractivity contribution in [3.63, 3.8) is 0 Å². The molecule has 0 saturated carbocycles. The predicted molar refractivity (Wildman–Crippen MR) is 59.0 cm³/mol. The second-order valence-corrected chi connectivity index (χ2v) is 3.72. The number of piperazine rings is 1. The molecule has 78 valence electrons. The normalized spacial score (nSPS) is 16.1. The van der Waals surface area contributed by atoms with Crippen molar-refractivity contribution < 1.29 is 0 Å². The molecule has 0 amide bonds. The fraction of sp³-hybridized carbons (Fsp3) is 0.400. The van der Waals surface area contributed by atoms with Gasteiger partial charge in [0.1, 0.15) is 16.9 Å². The third-order valence-electron chi connectivity index (χ3n) is 2.41. The zero-order chi connectivity index (χ0) is 10.7. The van der Waals surface area contributed by atoms with Gasteiger partial charge in [0.05, 0.1) is 5.56 Å². The third kappa shape index (κ3) is 2.04. The first-order valence-electron chi connectivity index (χ1n) is 4.83. The Morgan fingerprint density at radius 3 is 2.87 bits per heavy atom. The summed E-state index contributed by atoms with van der Waals surface area (Å²) in [5.74, 6) is 0.720. The van der Waals surface area contributed by atoms with Gasteiger partial charge in [0.2, 0.25) is 0 Å². The monoisotopic (exact) mass is 222 g/mol. The highest BCUT2D eigenvalue weighted by atomic mass is 35.5. The summed E-state index contributed by atoms with van der Waals surface area (Å²) in [4.78, 5) is 6.32. The van der Waals surface area contributed by atoms with Crippen LogP contribution in [0.2, 0.25) is 5.02 Å². The van der Waals surface area contributed by atoms with Crippen LogP contribution in [0.5, 0.6) is 0 Å². The Bertz CT molecular complexity index is 393. The molecule has 0 radical (unpaired) electrons. The molecule has 0 atom stereocenters. The standard InChI is InChI=1S/C10H11ClN4/c11-9-8(7-12)1-2-14-10(9)15-5-3-13-4-6-15/h1-2,13H,3-6H2. The van der Waals surface area contributed by atoms with Crippen LogP contribution < -0.4 is 10.2 Å². The Labute approximate surface area is 93.5 Å². The van der Waals surface area contributed by atoms with Gasteiger partial charge in [-0.1, -0.05) is 11.6 Å². The number of pyridine rings is 1. The lowest BCUT2D eigenvalue weighted by Gasteiger charge is -2.29. The lowest BCUT2D eigenvalue weighted by Crippen LogP contribution is -2.44. The van der Waals surface area contributed by atoms with Crippen molar-refractivity contribution in [1.82, 2.24) is 10.3 Å². The van der Waals surface area contributed by atoms with Gasteiger partial charge in [0, 0.05) is 32.4 Å². The summed E-state index contributed by atoms with van der Waals surface area (Å²) in [6.45, 7) is 3.60. The van der Waals surface area contributed by atoms with Gasteiger partial charge >= 0.3 is 0 Å². The highest BCUT2D eigenvalue weighted by Gasteiger charge is 2.16. The molecule has 0 bridgehead atoms. The lowest BCUT2D eigenvalue weighted by atomic mass is 10.2. The van der Waals surface area contributed by atoms with E-state index in [1.54, 1.807) is 12.3 Å². The van der Waals surface area contributed by atoms with E-state index in [4.69, 9.17) is 16.9 Å². The van der Waals surface area contributed by atoms with Gasteiger partial charge in [0.15, 0.2) is 0 Å². The molecule has 1 aromatic heterocycles. The molecule has 0 aliphatic carbocycles. The summed E-state index contributed by atoms with van der Waals surface area (Å²) in [5, 5.41) is 12.6. The fourth-order valence-electron chi connectivity index (χ4n) is 1.62. The van der Waals surface area contributed by atoms with Crippen LogP contribution in [0.15, 0.2) is 12.3 Å². The van der Waals surface area contributed by atoms with Crippen molar-refractivity contribution in [2.75, 3.05) is 31.1 Å². The summed E-state index contributed by atoms with van der Waals surface area (Å²) in [7, 11) is 0. The number of hydrogen-bond acceptors (Lipinski definition) is 4. The van der Waals surface area contributed by atoms with E-state index in [9.17, 15) is 0 Å². The molecule has 2 rings (SSSR count). The first-order valence-corrected chi connectivity index (χ1v) is 5.21. The maximum atomic E-state index is 8.85. The largest absolute Gasteiger partial charge is 0.353 e. The number of nitriles is 1.